The Morgan fingerprint density at radius 3 is 1.73 bits per heavy atom. The van der Waals surface area contributed by atoms with Crippen molar-refractivity contribution in [3.8, 4) is 0 Å². The average molecular weight is 704 g/mol. The molecule has 0 amide bonds. The molecule has 0 saturated carbocycles. The van der Waals surface area contributed by atoms with Crippen LogP contribution >= 0.6 is 7.82 Å². The summed E-state index contributed by atoms with van der Waals surface area (Å²) < 4.78 is 33.2. The Morgan fingerprint density at radius 1 is 0.667 bits per heavy atom. The molecule has 0 aromatic rings. The monoisotopic (exact) mass is 703 g/mol. The minimum atomic E-state index is -4.61. The first kappa shape index (κ1) is 46.5. The summed E-state index contributed by atoms with van der Waals surface area (Å²) in [5, 5.41) is 8.85. The fourth-order valence-corrected chi connectivity index (χ4v) is 5.76. The van der Waals surface area contributed by atoms with Crippen molar-refractivity contribution in [1.82, 2.24) is 0 Å². The topological polar surface area (TPSA) is 155 Å². The van der Waals surface area contributed by atoms with Crippen molar-refractivity contribution in [3.63, 3.8) is 0 Å². The van der Waals surface area contributed by atoms with Crippen molar-refractivity contribution in [3.05, 3.63) is 24.3 Å². The number of unbranched alkanes of at least 4 members (excludes halogenated alkanes) is 18. The summed E-state index contributed by atoms with van der Waals surface area (Å²) in [6.45, 7) is 3.82. The number of carboxylic acid groups (broad SMARTS) is 1. The van der Waals surface area contributed by atoms with E-state index in [1.807, 2.05) is 0 Å². The third-order valence-electron chi connectivity index (χ3n) is 7.98. The summed E-state index contributed by atoms with van der Waals surface area (Å²) in [6.07, 6.45) is 33.7. The van der Waals surface area contributed by atoms with Crippen LogP contribution in [0.15, 0.2) is 24.3 Å². The molecule has 3 unspecified atom stereocenters. The molecule has 0 fully saturated rings. The maximum atomic E-state index is 12.5. The van der Waals surface area contributed by atoms with E-state index in [0.717, 1.165) is 57.8 Å². The Labute approximate surface area is 292 Å². The van der Waals surface area contributed by atoms with Crippen LogP contribution in [0.5, 0.6) is 0 Å². The van der Waals surface area contributed by atoms with Crippen molar-refractivity contribution in [2.45, 2.75) is 174 Å². The first-order chi connectivity index (χ1) is 23.2. The first-order valence-corrected chi connectivity index (χ1v) is 20.4. The lowest BCUT2D eigenvalue weighted by Crippen LogP contribution is -2.34. The Kier molecular flexibility index (Phi) is 32.8. The Bertz CT molecular complexity index is 868. The smallest absolute Gasteiger partial charge is 0.472 e. The summed E-state index contributed by atoms with van der Waals surface area (Å²) >= 11 is 0. The minimum absolute atomic E-state index is 0.0142. The number of carboxylic acids is 1. The van der Waals surface area contributed by atoms with Gasteiger partial charge in [-0.05, 0) is 44.9 Å². The number of esters is 1. The zero-order chi connectivity index (χ0) is 35.6. The second-order valence-corrected chi connectivity index (χ2v) is 14.2. The lowest BCUT2D eigenvalue weighted by Gasteiger charge is -2.20. The molecular formula is C37H70NO9P. The largest absolute Gasteiger partial charge is 0.480 e. The van der Waals surface area contributed by atoms with Crippen molar-refractivity contribution >= 4 is 19.8 Å². The second-order valence-electron chi connectivity index (χ2n) is 12.7. The van der Waals surface area contributed by atoms with Crippen molar-refractivity contribution in [2.24, 2.45) is 5.73 Å². The van der Waals surface area contributed by atoms with Crippen molar-refractivity contribution < 1.29 is 42.7 Å². The van der Waals surface area contributed by atoms with Gasteiger partial charge in [-0.1, -0.05) is 134 Å². The second kappa shape index (κ2) is 33.9. The lowest BCUT2D eigenvalue weighted by atomic mass is 10.1. The molecule has 0 rings (SSSR count). The number of carbonyl (C=O) groups excluding carboxylic acids is 1. The fraction of sp³-hybridized carbons (Fsp3) is 0.838. The van der Waals surface area contributed by atoms with E-state index in [0.29, 0.717) is 13.0 Å². The van der Waals surface area contributed by atoms with Gasteiger partial charge in [0.1, 0.15) is 12.1 Å². The van der Waals surface area contributed by atoms with Crippen LogP contribution in [0.3, 0.4) is 0 Å². The van der Waals surface area contributed by atoms with Crippen LogP contribution < -0.4 is 5.73 Å². The Morgan fingerprint density at radius 2 is 1.15 bits per heavy atom. The van der Waals surface area contributed by atoms with Crippen LogP contribution in [0.2, 0.25) is 0 Å². The van der Waals surface area contributed by atoms with E-state index >= 15 is 0 Å². The van der Waals surface area contributed by atoms with Crippen LogP contribution in [0, 0.1) is 0 Å². The molecule has 0 heterocycles. The third kappa shape index (κ3) is 33.0. The molecule has 0 aromatic heterocycles. The Balaban J connectivity index is 4.33. The minimum Gasteiger partial charge on any atom is -0.480 e. The number of phosphoric acid groups is 1. The zero-order valence-corrected chi connectivity index (χ0v) is 31.2. The summed E-state index contributed by atoms with van der Waals surface area (Å²) in [5.41, 5.74) is 5.33. The van der Waals surface area contributed by atoms with E-state index in [1.54, 1.807) is 0 Å². The normalized spacial score (nSPS) is 14.4. The molecule has 4 N–H and O–H groups in total. The summed E-state index contributed by atoms with van der Waals surface area (Å²) in [4.78, 5) is 33.3. The van der Waals surface area contributed by atoms with Gasteiger partial charge in [0.05, 0.1) is 19.8 Å². The van der Waals surface area contributed by atoms with Gasteiger partial charge < -0.3 is 25.2 Å². The van der Waals surface area contributed by atoms with Crippen molar-refractivity contribution in [2.75, 3.05) is 26.4 Å². The Hall–Kier alpha value is -1.55. The highest BCUT2D eigenvalue weighted by molar-refractivity contribution is 7.47. The molecule has 0 saturated heterocycles. The average Bonchev–Trinajstić information content (AvgIpc) is 3.06. The molecule has 11 heteroatoms. The molecule has 48 heavy (non-hydrogen) atoms. The van der Waals surface area contributed by atoms with Gasteiger partial charge >= 0.3 is 19.8 Å². The number of carbonyl (C=O) groups is 2. The molecular weight excluding hydrogens is 633 g/mol. The number of hydrogen-bond donors (Lipinski definition) is 3. The van der Waals surface area contributed by atoms with E-state index in [4.69, 9.17) is 24.8 Å². The summed E-state index contributed by atoms with van der Waals surface area (Å²) in [5.74, 6) is -1.79. The van der Waals surface area contributed by atoms with Gasteiger partial charge in [0.2, 0.25) is 0 Å². The van der Waals surface area contributed by atoms with Gasteiger partial charge in [-0.3, -0.25) is 18.6 Å². The number of phosphoric ester groups is 1. The van der Waals surface area contributed by atoms with E-state index in [1.165, 1.54) is 77.0 Å². The van der Waals surface area contributed by atoms with E-state index in [-0.39, 0.29) is 13.0 Å². The number of allylic oxidation sites excluding steroid dienone is 4. The maximum Gasteiger partial charge on any atom is 0.472 e. The maximum absolute atomic E-state index is 12.5. The molecule has 0 aliphatic rings. The SMILES string of the molecule is CCCCC/C=C\C/C=C\CCCCCCCC(=O)OC(COCCCCCCCCCCCCC)COP(=O)(O)OCC(N)C(=O)O. The quantitative estimate of drug-likeness (QED) is 0.0249. The molecule has 3 atom stereocenters. The van der Waals surface area contributed by atoms with Crippen LogP contribution in [-0.4, -0.2) is 60.5 Å². The lowest BCUT2D eigenvalue weighted by molar-refractivity contribution is -0.154. The highest BCUT2D eigenvalue weighted by Gasteiger charge is 2.27. The van der Waals surface area contributed by atoms with Crippen LogP contribution in [0.4, 0.5) is 0 Å². The predicted octanol–water partition coefficient (Wildman–Crippen LogP) is 9.58. The van der Waals surface area contributed by atoms with Gasteiger partial charge in [0, 0.05) is 13.0 Å². The highest BCUT2D eigenvalue weighted by atomic mass is 31.2. The number of hydrogen-bond acceptors (Lipinski definition) is 8. The molecule has 0 aliphatic heterocycles. The molecule has 0 radical (unpaired) electrons. The fourth-order valence-electron chi connectivity index (χ4n) is 4.99. The van der Waals surface area contributed by atoms with Gasteiger partial charge in [0.25, 0.3) is 0 Å². The van der Waals surface area contributed by atoms with Crippen LogP contribution in [0.25, 0.3) is 0 Å². The van der Waals surface area contributed by atoms with Gasteiger partial charge in [0.15, 0.2) is 0 Å². The van der Waals surface area contributed by atoms with E-state index < -0.39 is 45.1 Å². The highest BCUT2D eigenvalue weighted by Crippen LogP contribution is 2.43. The first-order valence-electron chi connectivity index (χ1n) is 18.9. The van der Waals surface area contributed by atoms with Gasteiger partial charge in [-0.2, -0.15) is 0 Å². The number of ether oxygens (including phenoxy) is 2. The number of rotatable bonds is 36. The van der Waals surface area contributed by atoms with E-state index in [9.17, 15) is 19.0 Å². The predicted molar refractivity (Wildman–Crippen MR) is 194 cm³/mol. The number of aliphatic carboxylic acids is 1. The van der Waals surface area contributed by atoms with Gasteiger partial charge in [-0.15, -0.1) is 0 Å². The molecule has 0 aromatic carbocycles. The van der Waals surface area contributed by atoms with Gasteiger partial charge in [-0.25, -0.2) is 4.57 Å². The summed E-state index contributed by atoms with van der Waals surface area (Å²) in [6, 6.07) is -1.47. The third-order valence-corrected chi connectivity index (χ3v) is 8.93. The zero-order valence-electron chi connectivity index (χ0n) is 30.3. The number of nitrogens with two attached hydrogens (primary N) is 1. The molecule has 0 bridgehead atoms. The molecule has 282 valence electrons. The molecule has 0 spiro atoms. The van der Waals surface area contributed by atoms with E-state index in [2.05, 4.69) is 42.7 Å². The van der Waals surface area contributed by atoms with Crippen molar-refractivity contribution in [1.29, 1.82) is 0 Å². The van der Waals surface area contributed by atoms with Crippen LogP contribution in [-0.2, 0) is 32.7 Å². The van der Waals surface area contributed by atoms with Crippen LogP contribution in [0.1, 0.15) is 162 Å². The standard InChI is InChI=1S/C37H70NO9P/c1-3-5-7-9-11-13-15-16-17-18-19-21-23-25-27-29-36(39)47-34(32-45-48(42,43)46-33-35(38)37(40)41)31-44-30-28-26-24-22-20-14-12-10-8-6-4-2/h11,13,16-17,34-35H,3-10,12,14-15,18-33,38H2,1-2H3,(H,40,41)(H,42,43)/b13-11-,17-16-. The molecule has 0 aliphatic carbocycles. The summed E-state index contributed by atoms with van der Waals surface area (Å²) in [7, 11) is -4.61. The molecule has 10 nitrogen and oxygen atoms in total.